The van der Waals surface area contributed by atoms with E-state index in [1.807, 2.05) is 30.0 Å². The number of rotatable bonds is 2. The van der Waals surface area contributed by atoms with Gasteiger partial charge in [-0.1, -0.05) is 0 Å². The molecule has 0 radical (unpaired) electrons. The number of imidazole rings is 1. The monoisotopic (exact) mass is 239 g/mol. The summed E-state index contributed by atoms with van der Waals surface area (Å²) in [6, 6.07) is 5.63. The van der Waals surface area contributed by atoms with Crippen LogP contribution in [-0.2, 0) is 7.05 Å². The highest BCUT2D eigenvalue weighted by molar-refractivity contribution is 5.77. The molecule has 0 N–H and O–H groups in total. The zero-order valence-electron chi connectivity index (χ0n) is 10.3. The minimum atomic E-state index is 0.642. The number of aromatic nitrogens is 3. The summed E-state index contributed by atoms with van der Waals surface area (Å²) in [5, 5.41) is 0. The summed E-state index contributed by atoms with van der Waals surface area (Å²) in [6.07, 6.45) is 6.69. The van der Waals surface area contributed by atoms with E-state index in [2.05, 4.69) is 22.5 Å². The molecule has 3 heterocycles. The van der Waals surface area contributed by atoms with Crippen LogP contribution >= 0.6 is 0 Å². The maximum Gasteiger partial charge on any atom is 0.150 e. The van der Waals surface area contributed by atoms with Crippen LogP contribution in [0.25, 0.3) is 17.0 Å². The Balaban J connectivity index is 2.22. The van der Waals surface area contributed by atoms with Crippen molar-refractivity contribution in [2.24, 2.45) is 7.05 Å². The molecule has 0 saturated carbocycles. The average molecular weight is 239 g/mol. The largest absolute Gasteiger partial charge is 0.349 e. The quantitative estimate of drug-likeness (QED) is 0.644. The molecule has 0 amide bonds. The molecule has 3 aromatic heterocycles. The normalized spacial score (nSPS) is 11.0. The first-order valence-corrected chi connectivity index (χ1v) is 5.75. The molecule has 3 rings (SSSR count). The number of aldehydes is 1. The van der Waals surface area contributed by atoms with E-state index in [-0.39, 0.29) is 0 Å². The van der Waals surface area contributed by atoms with Crippen LogP contribution in [0, 0.1) is 6.92 Å². The molecular weight excluding hydrogens is 226 g/mol. The van der Waals surface area contributed by atoms with Crippen molar-refractivity contribution in [3.8, 4) is 11.4 Å². The Morgan fingerprint density at radius 3 is 2.78 bits per heavy atom. The molecule has 0 unspecified atom stereocenters. The van der Waals surface area contributed by atoms with Crippen LogP contribution in [0.4, 0.5) is 0 Å². The van der Waals surface area contributed by atoms with Gasteiger partial charge in [0.05, 0.1) is 5.69 Å². The Kier molecular flexibility index (Phi) is 2.30. The fraction of sp³-hybridized carbons (Fsp3) is 0.143. The minimum absolute atomic E-state index is 0.642. The lowest BCUT2D eigenvalue weighted by atomic mass is 10.2. The van der Waals surface area contributed by atoms with Crippen LogP contribution in [0.5, 0.6) is 0 Å². The molecular formula is C14H13N3O. The molecule has 90 valence electrons. The molecule has 0 spiro atoms. The maximum atomic E-state index is 10.8. The zero-order valence-corrected chi connectivity index (χ0v) is 10.3. The highest BCUT2D eigenvalue weighted by Gasteiger charge is 2.10. The Morgan fingerprint density at radius 2 is 2.11 bits per heavy atom. The Bertz CT molecular complexity index is 717. The van der Waals surface area contributed by atoms with Crippen LogP contribution in [0.2, 0.25) is 0 Å². The maximum absolute atomic E-state index is 10.8. The van der Waals surface area contributed by atoms with Crippen molar-refractivity contribution in [1.29, 1.82) is 0 Å². The van der Waals surface area contributed by atoms with Gasteiger partial charge < -0.3 is 8.97 Å². The van der Waals surface area contributed by atoms with E-state index < -0.39 is 0 Å². The molecule has 3 aromatic rings. The first-order valence-electron chi connectivity index (χ1n) is 5.75. The van der Waals surface area contributed by atoms with Crippen LogP contribution in [-0.4, -0.2) is 20.2 Å². The average Bonchev–Trinajstić information content (AvgIpc) is 2.91. The molecule has 0 fully saturated rings. The van der Waals surface area contributed by atoms with E-state index >= 15 is 0 Å². The van der Waals surface area contributed by atoms with E-state index in [4.69, 9.17) is 0 Å². The molecule has 0 aliphatic carbocycles. The van der Waals surface area contributed by atoms with Crippen LogP contribution < -0.4 is 0 Å². The van der Waals surface area contributed by atoms with Crippen molar-refractivity contribution in [2.75, 3.05) is 0 Å². The topological polar surface area (TPSA) is 39.3 Å². The number of fused-ring (bicyclic) bond motifs is 1. The summed E-state index contributed by atoms with van der Waals surface area (Å²) in [5.74, 6) is 0. The molecule has 0 aliphatic heterocycles. The number of nitrogens with zero attached hydrogens (tertiary/aromatic N) is 3. The number of carbonyl (C=O) groups is 1. The molecule has 0 bridgehead atoms. The molecule has 0 saturated heterocycles. The fourth-order valence-corrected chi connectivity index (χ4v) is 2.22. The first-order chi connectivity index (χ1) is 8.69. The minimum Gasteiger partial charge on any atom is -0.349 e. The number of hydrogen-bond acceptors (Lipinski definition) is 2. The molecule has 4 nitrogen and oxygen atoms in total. The van der Waals surface area contributed by atoms with Gasteiger partial charge in [-0.25, -0.2) is 4.98 Å². The van der Waals surface area contributed by atoms with Gasteiger partial charge in [-0.3, -0.25) is 4.79 Å². The molecule has 4 heteroatoms. The van der Waals surface area contributed by atoms with E-state index in [9.17, 15) is 4.79 Å². The first kappa shape index (κ1) is 10.8. The van der Waals surface area contributed by atoms with Crippen LogP contribution in [0.3, 0.4) is 0 Å². The predicted molar refractivity (Wildman–Crippen MR) is 69.7 cm³/mol. The number of aryl methyl sites for hydroxylation is 2. The molecule has 0 aromatic carbocycles. The van der Waals surface area contributed by atoms with Gasteiger partial charge in [0, 0.05) is 31.2 Å². The molecule has 0 atom stereocenters. The van der Waals surface area contributed by atoms with E-state index in [0.29, 0.717) is 5.56 Å². The second-order valence-corrected chi connectivity index (χ2v) is 4.43. The van der Waals surface area contributed by atoms with Crippen molar-refractivity contribution < 1.29 is 4.79 Å². The number of pyridine rings is 1. The summed E-state index contributed by atoms with van der Waals surface area (Å²) in [5.41, 5.74) is 4.64. The third-order valence-corrected chi connectivity index (χ3v) is 3.14. The lowest BCUT2D eigenvalue weighted by Crippen LogP contribution is -1.90. The summed E-state index contributed by atoms with van der Waals surface area (Å²) in [4.78, 5) is 15.3. The van der Waals surface area contributed by atoms with Crippen molar-refractivity contribution >= 4 is 11.9 Å². The van der Waals surface area contributed by atoms with Crippen molar-refractivity contribution in [3.63, 3.8) is 0 Å². The van der Waals surface area contributed by atoms with Gasteiger partial charge in [0.25, 0.3) is 0 Å². The lowest BCUT2D eigenvalue weighted by Gasteiger charge is -2.00. The smallest absolute Gasteiger partial charge is 0.150 e. The summed E-state index contributed by atoms with van der Waals surface area (Å²) in [6.45, 7) is 2.07. The summed E-state index contributed by atoms with van der Waals surface area (Å²) in [7, 11) is 2.00. The SMILES string of the molecule is Cc1ccn(C)c1-c1cn2ccc(C=O)cc2n1. The summed E-state index contributed by atoms with van der Waals surface area (Å²) < 4.78 is 3.98. The fourth-order valence-electron chi connectivity index (χ4n) is 2.22. The lowest BCUT2D eigenvalue weighted by molar-refractivity contribution is 0.112. The third kappa shape index (κ3) is 1.54. The van der Waals surface area contributed by atoms with E-state index in [0.717, 1.165) is 23.3 Å². The second kappa shape index (κ2) is 3.84. The van der Waals surface area contributed by atoms with Crippen molar-refractivity contribution in [1.82, 2.24) is 14.0 Å². The van der Waals surface area contributed by atoms with Crippen LogP contribution in [0.1, 0.15) is 15.9 Å². The van der Waals surface area contributed by atoms with Gasteiger partial charge in [0.15, 0.2) is 0 Å². The summed E-state index contributed by atoms with van der Waals surface area (Å²) >= 11 is 0. The van der Waals surface area contributed by atoms with E-state index in [1.54, 1.807) is 12.1 Å². The van der Waals surface area contributed by atoms with Gasteiger partial charge in [-0.2, -0.15) is 0 Å². The van der Waals surface area contributed by atoms with Gasteiger partial charge in [-0.05, 0) is 30.7 Å². The predicted octanol–water partition coefficient (Wildman–Crippen LogP) is 2.46. The number of carbonyl (C=O) groups excluding carboxylic acids is 1. The molecule has 0 aliphatic rings. The van der Waals surface area contributed by atoms with Gasteiger partial charge >= 0.3 is 0 Å². The Labute approximate surface area is 105 Å². The van der Waals surface area contributed by atoms with E-state index in [1.165, 1.54) is 5.56 Å². The third-order valence-electron chi connectivity index (χ3n) is 3.14. The van der Waals surface area contributed by atoms with Crippen molar-refractivity contribution in [2.45, 2.75) is 6.92 Å². The Hall–Kier alpha value is -2.36. The number of hydrogen-bond donors (Lipinski definition) is 0. The van der Waals surface area contributed by atoms with Gasteiger partial charge in [-0.15, -0.1) is 0 Å². The highest BCUT2D eigenvalue weighted by atomic mass is 16.1. The van der Waals surface area contributed by atoms with Crippen molar-refractivity contribution in [3.05, 3.63) is 47.9 Å². The highest BCUT2D eigenvalue weighted by Crippen LogP contribution is 2.23. The Morgan fingerprint density at radius 1 is 1.28 bits per heavy atom. The zero-order chi connectivity index (χ0) is 12.7. The van der Waals surface area contributed by atoms with Gasteiger partial charge in [0.2, 0.25) is 0 Å². The standard InChI is InChI=1S/C14H13N3O/c1-10-3-5-16(2)14(10)12-8-17-6-4-11(9-18)7-13(17)15-12/h3-9H,1-2H3. The van der Waals surface area contributed by atoms with Gasteiger partial charge in [0.1, 0.15) is 17.6 Å². The molecule has 18 heavy (non-hydrogen) atoms. The van der Waals surface area contributed by atoms with Crippen LogP contribution in [0.15, 0.2) is 36.8 Å². The second-order valence-electron chi connectivity index (χ2n) is 4.43.